The third-order valence-electron chi connectivity index (χ3n) is 1.86. The Morgan fingerprint density at radius 3 is 2.42 bits per heavy atom. The second kappa shape index (κ2) is 3.35. The number of hydrogen-bond acceptors (Lipinski definition) is 3. The van der Waals surface area contributed by atoms with Crippen LogP contribution in [0.2, 0.25) is 0 Å². The first-order valence-electron chi connectivity index (χ1n) is 4.15. The van der Waals surface area contributed by atoms with Crippen molar-refractivity contribution in [3.8, 4) is 0 Å². The van der Waals surface area contributed by atoms with Crippen LogP contribution in [0.1, 0.15) is 27.2 Å². The van der Waals surface area contributed by atoms with E-state index in [1.807, 2.05) is 0 Å². The fourth-order valence-electron chi connectivity index (χ4n) is 1.06. The third-order valence-corrected chi connectivity index (χ3v) is 1.86. The summed E-state index contributed by atoms with van der Waals surface area (Å²) in [6.45, 7) is 7.05. The molecule has 0 aromatic heterocycles. The first-order valence-corrected chi connectivity index (χ1v) is 4.15. The summed E-state index contributed by atoms with van der Waals surface area (Å²) in [7, 11) is 1.68. The van der Waals surface area contributed by atoms with Gasteiger partial charge < -0.3 is 4.74 Å². The van der Waals surface area contributed by atoms with Gasteiger partial charge in [0.2, 0.25) is 0 Å². The van der Waals surface area contributed by atoms with Crippen LogP contribution < -0.4 is 0 Å². The molecule has 0 unspecified atom stereocenters. The molecule has 0 bridgehead atoms. The molecular weight excluding hydrogens is 152 g/mol. The van der Waals surface area contributed by atoms with Gasteiger partial charge in [0, 0.05) is 18.9 Å². The molecule has 1 heterocycles. The molecule has 0 aromatic rings. The zero-order valence-electron chi connectivity index (χ0n) is 8.22. The van der Waals surface area contributed by atoms with Crippen molar-refractivity contribution in [1.82, 2.24) is 0 Å². The van der Waals surface area contributed by atoms with E-state index < -0.39 is 0 Å². The van der Waals surface area contributed by atoms with Gasteiger partial charge in [-0.05, 0) is 0 Å². The molecule has 1 aliphatic rings. The van der Waals surface area contributed by atoms with E-state index in [0.717, 1.165) is 17.8 Å². The third kappa shape index (κ3) is 2.14. The Bertz CT molecular complexity index is 223. The zero-order valence-corrected chi connectivity index (χ0v) is 8.22. The van der Waals surface area contributed by atoms with Crippen LogP contribution >= 0.6 is 0 Å². The van der Waals surface area contributed by atoms with Crippen LogP contribution in [0.4, 0.5) is 0 Å². The van der Waals surface area contributed by atoms with Crippen molar-refractivity contribution in [3.05, 3.63) is 0 Å². The van der Waals surface area contributed by atoms with Gasteiger partial charge in [-0.25, -0.2) is 0 Å². The topological polar surface area (TPSA) is 34.0 Å². The van der Waals surface area contributed by atoms with Gasteiger partial charge in [-0.1, -0.05) is 20.8 Å². The van der Waals surface area contributed by atoms with Crippen molar-refractivity contribution in [2.75, 3.05) is 13.7 Å². The average molecular weight is 168 g/mol. The summed E-state index contributed by atoms with van der Waals surface area (Å²) in [5.74, 6) is 0. The van der Waals surface area contributed by atoms with Gasteiger partial charge in [0.05, 0.1) is 18.0 Å². The van der Waals surface area contributed by atoms with E-state index in [0.29, 0.717) is 6.61 Å². The van der Waals surface area contributed by atoms with Gasteiger partial charge in [0.1, 0.15) is 0 Å². The number of methoxy groups -OCH3 is 1. The Kier molecular flexibility index (Phi) is 2.62. The molecule has 0 aromatic carbocycles. The van der Waals surface area contributed by atoms with Crippen LogP contribution in [0.25, 0.3) is 0 Å². The Hall–Kier alpha value is -0.700. The molecule has 3 nitrogen and oxygen atoms in total. The highest BCUT2D eigenvalue weighted by molar-refractivity contribution is 6.09. The van der Waals surface area contributed by atoms with Crippen molar-refractivity contribution in [2.24, 2.45) is 15.6 Å². The highest BCUT2D eigenvalue weighted by atomic mass is 16.5. The minimum Gasteiger partial charge on any atom is -0.379 e. The van der Waals surface area contributed by atoms with Crippen molar-refractivity contribution >= 4 is 11.4 Å². The Labute approximate surface area is 73.5 Å². The minimum atomic E-state index is 0.138. The van der Waals surface area contributed by atoms with Gasteiger partial charge in [-0.3, -0.25) is 0 Å². The lowest BCUT2D eigenvalue weighted by Crippen LogP contribution is -2.21. The van der Waals surface area contributed by atoms with Gasteiger partial charge in [0.15, 0.2) is 0 Å². The molecule has 12 heavy (non-hydrogen) atoms. The Morgan fingerprint density at radius 2 is 2.00 bits per heavy atom. The van der Waals surface area contributed by atoms with E-state index in [1.165, 1.54) is 0 Å². The molecule has 0 fully saturated rings. The average Bonchev–Trinajstić information content (AvgIpc) is 2.35. The number of rotatable bonds is 2. The Balaban J connectivity index is 2.50. The summed E-state index contributed by atoms with van der Waals surface area (Å²) in [6.07, 6.45) is 0.872. The molecule has 0 amide bonds. The quantitative estimate of drug-likeness (QED) is 0.619. The fourth-order valence-corrected chi connectivity index (χ4v) is 1.06. The lowest BCUT2D eigenvalue weighted by molar-refractivity contribution is 0.244. The van der Waals surface area contributed by atoms with Gasteiger partial charge in [-0.15, -0.1) is 0 Å². The first-order chi connectivity index (χ1) is 5.54. The summed E-state index contributed by atoms with van der Waals surface area (Å²) >= 11 is 0. The maximum atomic E-state index is 4.98. The zero-order chi connectivity index (χ0) is 9.19. The van der Waals surface area contributed by atoms with Crippen molar-refractivity contribution in [3.63, 3.8) is 0 Å². The van der Waals surface area contributed by atoms with E-state index in [4.69, 9.17) is 4.74 Å². The van der Waals surface area contributed by atoms with E-state index >= 15 is 0 Å². The number of ether oxygens (including phenoxy) is 1. The normalized spacial score (nSPS) is 17.7. The molecule has 1 aliphatic heterocycles. The lowest BCUT2D eigenvalue weighted by Gasteiger charge is -2.17. The Morgan fingerprint density at radius 1 is 1.33 bits per heavy atom. The van der Waals surface area contributed by atoms with Crippen LogP contribution in [-0.2, 0) is 4.74 Å². The fraction of sp³-hybridized carbons (Fsp3) is 0.778. The summed E-state index contributed by atoms with van der Waals surface area (Å²) in [4.78, 5) is 0. The van der Waals surface area contributed by atoms with E-state index in [9.17, 15) is 0 Å². The van der Waals surface area contributed by atoms with Crippen molar-refractivity contribution < 1.29 is 4.74 Å². The van der Waals surface area contributed by atoms with Crippen LogP contribution in [-0.4, -0.2) is 25.1 Å². The van der Waals surface area contributed by atoms with E-state index in [1.54, 1.807) is 7.11 Å². The summed E-state index contributed by atoms with van der Waals surface area (Å²) in [5, 5.41) is 8.18. The molecule has 0 atom stereocenters. The monoisotopic (exact) mass is 168 g/mol. The molecule has 0 N–H and O–H groups in total. The van der Waals surface area contributed by atoms with Crippen molar-refractivity contribution in [2.45, 2.75) is 27.2 Å². The predicted molar refractivity (Wildman–Crippen MR) is 50.8 cm³/mol. The molecule has 0 aliphatic carbocycles. The maximum absolute atomic E-state index is 4.98. The van der Waals surface area contributed by atoms with Gasteiger partial charge in [0.25, 0.3) is 0 Å². The van der Waals surface area contributed by atoms with Crippen molar-refractivity contribution in [1.29, 1.82) is 0 Å². The first kappa shape index (κ1) is 9.39. The molecule has 68 valence electrons. The summed E-state index contributed by atoms with van der Waals surface area (Å²) < 4.78 is 4.98. The molecule has 1 rings (SSSR count). The molecule has 0 saturated heterocycles. The van der Waals surface area contributed by atoms with Gasteiger partial charge >= 0.3 is 0 Å². The molecule has 0 spiro atoms. The number of hydrogen-bond donors (Lipinski definition) is 0. The second-order valence-corrected chi connectivity index (χ2v) is 4.07. The molecular formula is C9H16N2O. The molecule has 0 radical (unpaired) electrons. The second-order valence-electron chi connectivity index (χ2n) is 4.07. The van der Waals surface area contributed by atoms with E-state index in [-0.39, 0.29) is 5.41 Å². The largest absolute Gasteiger partial charge is 0.379 e. The highest BCUT2D eigenvalue weighted by Gasteiger charge is 2.23. The van der Waals surface area contributed by atoms with Crippen LogP contribution in [0.15, 0.2) is 10.2 Å². The molecule has 3 heteroatoms. The van der Waals surface area contributed by atoms with E-state index in [2.05, 4.69) is 31.0 Å². The number of nitrogens with zero attached hydrogens (tertiary/aromatic N) is 2. The lowest BCUT2D eigenvalue weighted by atomic mass is 9.87. The predicted octanol–water partition coefficient (Wildman–Crippen LogP) is 1.88. The van der Waals surface area contributed by atoms with Gasteiger partial charge in [-0.2, -0.15) is 10.2 Å². The summed E-state index contributed by atoms with van der Waals surface area (Å²) in [6, 6.07) is 0. The minimum absolute atomic E-state index is 0.138. The highest BCUT2D eigenvalue weighted by Crippen LogP contribution is 2.22. The maximum Gasteiger partial charge on any atom is 0.0867 e. The van der Waals surface area contributed by atoms with Crippen LogP contribution in [0.3, 0.4) is 0 Å². The molecule has 0 saturated carbocycles. The van der Waals surface area contributed by atoms with Crippen LogP contribution in [0.5, 0.6) is 0 Å². The SMILES string of the molecule is COCC1=NN=C(C(C)(C)C)C1. The summed E-state index contributed by atoms with van der Waals surface area (Å²) in [5.41, 5.74) is 2.32. The standard InChI is InChI=1S/C9H16N2O/c1-9(2,3)8-5-7(6-12-4)10-11-8/h5-6H2,1-4H3. The van der Waals surface area contributed by atoms with Crippen LogP contribution in [0, 0.1) is 5.41 Å². The smallest absolute Gasteiger partial charge is 0.0867 e.